The predicted molar refractivity (Wildman–Crippen MR) is 55.9 cm³/mol. The highest BCUT2D eigenvalue weighted by atomic mass is 32.2. The van der Waals surface area contributed by atoms with Gasteiger partial charge < -0.3 is 0 Å². The maximum Gasteiger partial charge on any atom is 0.418 e. The average molecular weight is 231 g/mol. The second kappa shape index (κ2) is 3.48. The highest BCUT2D eigenvalue weighted by Crippen LogP contribution is 2.36. The molecule has 0 bridgehead atoms. The molecule has 1 aromatic carbocycles. The molecule has 0 unspecified atom stereocenters. The van der Waals surface area contributed by atoms with Gasteiger partial charge in [-0.25, -0.2) is 0 Å². The van der Waals surface area contributed by atoms with Gasteiger partial charge in [0.25, 0.3) is 0 Å². The third kappa shape index (κ3) is 1.71. The van der Waals surface area contributed by atoms with Gasteiger partial charge in [0.2, 0.25) is 0 Å². The van der Waals surface area contributed by atoms with Crippen LogP contribution in [0.2, 0.25) is 0 Å². The fourth-order valence-electron chi connectivity index (χ4n) is 1.53. The van der Waals surface area contributed by atoms with Crippen molar-refractivity contribution in [3.8, 4) is 0 Å². The zero-order valence-corrected chi connectivity index (χ0v) is 8.69. The Morgan fingerprint density at radius 2 is 1.87 bits per heavy atom. The van der Waals surface area contributed by atoms with E-state index in [-0.39, 0.29) is 5.39 Å². The van der Waals surface area contributed by atoms with Crippen LogP contribution in [0.5, 0.6) is 0 Å². The van der Waals surface area contributed by atoms with Gasteiger partial charge in [-0.1, -0.05) is 18.2 Å². The van der Waals surface area contributed by atoms with Gasteiger partial charge in [0.05, 0.1) is 11.1 Å². The van der Waals surface area contributed by atoms with E-state index in [1.54, 1.807) is 24.5 Å². The number of halogens is 3. The lowest BCUT2D eigenvalue weighted by Gasteiger charge is -2.02. The lowest BCUT2D eigenvalue weighted by atomic mass is 10.2. The van der Waals surface area contributed by atoms with Gasteiger partial charge in [-0.2, -0.15) is 13.2 Å². The van der Waals surface area contributed by atoms with Gasteiger partial charge in [0, 0.05) is 17.8 Å². The van der Waals surface area contributed by atoms with Crippen LogP contribution in [0.1, 0.15) is 5.56 Å². The number of alkyl halides is 3. The standard InChI is InChI=1S/C10H8F3NS/c1-15-14-6-8(10(11,12)13)7-4-2-3-5-9(7)14/h2-6H,1H3. The maximum absolute atomic E-state index is 12.6. The Morgan fingerprint density at radius 1 is 1.20 bits per heavy atom. The van der Waals surface area contributed by atoms with Crippen molar-refractivity contribution in [1.29, 1.82) is 0 Å². The minimum absolute atomic E-state index is 0.249. The lowest BCUT2D eigenvalue weighted by Crippen LogP contribution is -2.03. The number of hydrogen-bond donors (Lipinski definition) is 0. The van der Waals surface area contributed by atoms with Gasteiger partial charge in [-0.3, -0.25) is 3.97 Å². The molecular formula is C10H8F3NS. The minimum Gasteiger partial charge on any atom is -0.291 e. The van der Waals surface area contributed by atoms with Crippen LogP contribution in [0.3, 0.4) is 0 Å². The van der Waals surface area contributed by atoms with E-state index in [1.165, 1.54) is 22.0 Å². The molecule has 1 aromatic heterocycles. The number of nitrogens with zero attached hydrogens (tertiary/aromatic N) is 1. The van der Waals surface area contributed by atoms with Crippen molar-refractivity contribution in [3.63, 3.8) is 0 Å². The summed E-state index contributed by atoms with van der Waals surface area (Å²) < 4.78 is 39.5. The lowest BCUT2D eigenvalue weighted by molar-refractivity contribution is -0.136. The van der Waals surface area contributed by atoms with Crippen molar-refractivity contribution in [2.45, 2.75) is 6.18 Å². The molecule has 5 heteroatoms. The highest BCUT2D eigenvalue weighted by molar-refractivity contribution is 7.97. The average Bonchev–Trinajstić information content (AvgIpc) is 2.55. The molecule has 0 N–H and O–H groups in total. The van der Waals surface area contributed by atoms with Crippen LogP contribution < -0.4 is 0 Å². The Hall–Kier alpha value is -1.10. The summed E-state index contributed by atoms with van der Waals surface area (Å²) >= 11 is 1.25. The number of para-hydroxylation sites is 1. The molecule has 0 radical (unpaired) electrons. The zero-order chi connectivity index (χ0) is 11.1. The number of aromatic nitrogens is 1. The van der Waals surface area contributed by atoms with Crippen molar-refractivity contribution >= 4 is 22.9 Å². The first-order chi connectivity index (χ1) is 7.04. The van der Waals surface area contributed by atoms with Gasteiger partial charge in [-0.15, -0.1) is 0 Å². The molecule has 0 atom stereocenters. The minimum atomic E-state index is -4.29. The first-order valence-corrected chi connectivity index (χ1v) is 5.44. The summed E-state index contributed by atoms with van der Waals surface area (Å²) in [5.74, 6) is 0. The van der Waals surface area contributed by atoms with E-state index in [0.29, 0.717) is 5.52 Å². The second-order valence-corrected chi connectivity index (χ2v) is 3.82. The van der Waals surface area contributed by atoms with E-state index < -0.39 is 11.7 Å². The molecule has 0 aliphatic carbocycles. The summed E-state index contributed by atoms with van der Waals surface area (Å²) in [6.45, 7) is 0. The van der Waals surface area contributed by atoms with Crippen molar-refractivity contribution < 1.29 is 13.2 Å². The van der Waals surface area contributed by atoms with E-state index >= 15 is 0 Å². The number of rotatable bonds is 1. The molecule has 1 nitrogen and oxygen atoms in total. The first kappa shape index (κ1) is 10.4. The summed E-state index contributed by atoms with van der Waals surface area (Å²) in [6.07, 6.45) is -1.41. The van der Waals surface area contributed by atoms with Crippen LogP contribution in [-0.4, -0.2) is 10.2 Å². The molecule has 0 saturated carbocycles. The van der Waals surface area contributed by atoms with Crippen LogP contribution in [0, 0.1) is 0 Å². The Morgan fingerprint density at radius 3 is 2.47 bits per heavy atom. The fraction of sp³-hybridized carbons (Fsp3) is 0.200. The Kier molecular flexibility index (Phi) is 2.42. The van der Waals surface area contributed by atoms with Crippen molar-refractivity contribution in [2.24, 2.45) is 0 Å². The Bertz CT molecular complexity index is 487. The Balaban J connectivity index is 2.76. The van der Waals surface area contributed by atoms with E-state index in [0.717, 1.165) is 6.20 Å². The first-order valence-electron chi connectivity index (χ1n) is 4.26. The molecule has 15 heavy (non-hydrogen) atoms. The molecule has 2 aromatic rings. The van der Waals surface area contributed by atoms with E-state index in [1.807, 2.05) is 0 Å². The third-order valence-electron chi connectivity index (χ3n) is 2.18. The summed E-state index contributed by atoms with van der Waals surface area (Å²) in [5.41, 5.74) is 0.0183. The van der Waals surface area contributed by atoms with Crippen molar-refractivity contribution in [2.75, 3.05) is 6.26 Å². The van der Waals surface area contributed by atoms with Crippen molar-refractivity contribution in [1.82, 2.24) is 3.97 Å². The smallest absolute Gasteiger partial charge is 0.291 e. The molecule has 0 aliphatic rings. The molecule has 1 heterocycles. The molecular weight excluding hydrogens is 223 g/mol. The molecule has 0 spiro atoms. The summed E-state index contributed by atoms with van der Waals surface area (Å²) in [4.78, 5) is 0. The van der Waals surface area contributed by atoms with Crippen LogP contribution in [0.25, 0.3) is 10.9 Å². The molecule has 0 fully saturated rings. The van der Waals surface area contributed by atoms with Gasteiger partial charge in [0.1, 0.15) is 0 Å². The quantitative estimate of drug-likeness (QED) is 0.723. The maximum atomic E-state index is 12.6. The zero-order valence-electron chi connectivity index (χ0n) is 7.88. The summed E-state index contributed by atoms with van der Waals surface area (Å²) in [5, 5.41) is 0.249. The number of hydrogen-bond acceptors (Lipinski definition) is 1. The SMILES string of the molecule is CSn1cc(C(F)(F)F)c2ccccc21. The van der Waals surface area contributed by atoms with Gasteiger partial charge in [-0.05, 0) is 18.0 Å². The van der Waals surface area contributed by atoms with Crippen LogP contribution >= 0.6 is 11.9 Å². The number of benzene rings is 1. The summed E-state index contributed by atoms with van der Waals surface area (Å²) in [6, 6.07) is 6.52. The van der Waals surface area contributed by atoms with E-state index in [4.69, 9.17) is 0 Å². The Labute approximate surface area is 89.0 Å². The molecule has 0 saturated heterocycles. The fourth-order valence-corrected chi connectivity index (χ4v) is 2.09. The van der Waals surface area contributed by atoms with E-state index in [2.05, 4.69) is 0 Å². The topological polar surface area (TPSA) is 4.93 Å². The van der Waals surface area contributed by atoms with Crippen LogP contribution in [0.4, 0.5) is 13.2 Å². The highest BCUT2D eigenvalue weighted by Gasteiger charge is 2.34. The number of fused-ring (bicyclic) bond motifs is 1. The molecule has 80 valence electrons. The molecule has 2 rings (SSSR count). The normalized spacial score (nSPS) is 12.3. The third-order valence-corrected chi connectivity index (χ3v) is 2.88. The predicted octanol–water partition coefficient (Wildman–Crippen LogP) is 3.79. The van der Waals surface area contributed by atoms with Gasteiger partial charge in [0.15, 0.2) is 0 Å². The largest absolute Gasteiger partial charge is 0.418 e. The molecule has 0 amide bonds. The molecule has 0 aliphatic heterocycles. The van der Waals surface area contributed by atoms with Crippen LogP contribution in [0.15, 0.2) is 30.5 Å². The van der Waals surface area contributed by atoms with E-state index in [9.17, 15) is 13.2 Å². The van der Waals surface area contributed by atoms with Crippen molar-refractivity contribution in [3.05, 3.63) is 36.0 Å². The summed E-state index contributed by atoms with van der Waals surface area (Å²) in [7, 11) is 0. The van der Waals surface area contributed by atoms with Crippen LogP contribution in [-0.2, 0) is 6.18 Å². The second-order valence-electron chi connectivity index (χ2n) is 3.07. The van der Waals surface area contributed by atoms with Gasteiger partial charge >= 0.3 is 6.18 Å². The monoisotopic (exact) mass is 231 g/mol.